The van der Waals surface area contributed by atoms with Crippen LogP contribution in [0.5, 0.6) is 0 Å². The number of fused-ring (bicyclic) bond motifs is 5. The molecular weight excluding hydrogens is 296 g/mol. The van der Waals surface area contributed by atoms with Crippen molar-refractivity contribution in [2.75, 3.05) is 6.54 Å². The number of esters is 1. The first-order valence-corrected chi connectivity index (χ1v) is 8.49. The van der Waals surface area contributed by atoms with Crippen LogP contribution < -0.4 is 0 Å². The first kappa shape index (κ1) is 16.4. The van der Waals surface area contributed by atoms with Crippen molar-refractivity contribution in [3.8, 4) is 0 Å². The van der Waals surface area contributed by atoms with Gasteiger partial charge in [0.1, 0.15) is 6.10 Å². The molecule has 2 saturated carbocycles. The van der Waals surface area contributed by atoms with E-state index in [1.54, 1.807) is 0 Å². The zero-order chi connectivity index (χ0) is 17.2. The van der Waals surface area contributed by atoms with Crippen LogP contribution in [0.1, 0.15) is 47.5 Å². The van der Waals surface area contributed by atoms with E-state index in [2.05, 4.69) is 20.8 Å². The van der Waals surface area contributed by atoms with Crippen LogP contribution in [-0.2, 0) is 9.53 Å². The summed E-state index contributed by atoms with van der Waals surface area (Å²) in [5.74, 6) is -0.484. The Morgan fingerprint density at radius 3 is 2.61 bits per heavy atom. The summed E-state index contributed by atoms with van der Waals surface area (Å²) < 4.78 is 5.82. The summed E-state index contributed by atoms with van der Waals surface area (Å²) in [5, 5.41) is 11.0. The monoisotopic (exact) mass is 322 g/mol. The van der Waals surface area contributed by atoms with E-state index in [0.717, 1.165) is 18.6 Å². The number of aliphatic imine (C=N–C) groups is 1. The Morgan fingerprint density at radius 2 is 2.04 bits per heavy atom. The number of nitrogens with zero attached hydrogens (tertiary/aromatic N) is 2. The Bertz CT molecular complexity index is 583. The molecule has 2 bridgehead atoms. The molecule has 0 aromatic rings. The van der Waals surface area contributed by atoms with E-state index in [1.807, 2.05) is 13.8 Å². The minimum atomic E-state index is -0.731. The maximum atomic E-state index is 12.5. The second kappa shape index (κ2) is 5.02. The highest BCUT2D eigenvalue weighted by atomic mass is 16.6. The summed E-state index contributed by atoms with van der Waals surface area (Å²) in [6, 6.07) is -0.731. The van der Waals surface area contributed by atoms with Crippen molar-refractivity contribution in [2.24, 2.45) is 33.6 Å². The van der Waals surface area contributed by atoms with E-state index >= 15 is 0 Å². The average molecular weight is 322 g/mol. The Kier molecular flexibility index (Phi) is 3.58. The van der Waals surface area contributed by atoms with Crippen LogP contribution >= 0.6 is 0 Å². The molecule has 6 heteroatoms. The van der Waals surface area contributed by atoms with Gasteiger partial charge in [-0.1, -0.05) is 34.6 Å². The molecule has 0 N–H and O–H groups in total. The predicted octanol–water partition coefficient (Wildman–Crippen LogP) is 2.73. The number of rotatable bonds is 4. The van der Waals surface area contributed by atoms with Gasteiger partial charge in [-0.2, -0.15) is 0 Å². The van der Waals surface area contributed by atoms with Crippen molar-refractivity contribution >= 4 is 11.7 Å². The molecule has 0 unspecified atom stereocenters. The molecule has 2 aliphatic carbocycles. The second-order valence-corrected chi connectivity index (χ2v) is 8.47. The predicted molar refractivity (Wildman–Crippen MR) is 85.9 cm³/mol. The first-order valence-electron chi connectivity index (χ1n) is 8.49. The van der Waals surface area contributed by atoms with E-state index in [4.69, 9.17) is 9.73 Å². The third-order valence-electron chi connectivity index (χ3n) is 6.89. The van der Waals surface area contributed by atoms with Gasteiger partial charge in [-0.25, -0.2) is 4.79 Å². The van der Waals surface area contributed by atoms with E-state index in [1.165, 1.54) is 0 Å². The number of carbonyl (C=O) groups excluding carboxylic acids is 1. The maximum absolute atomic E-state index is 12.5. The molecule has 0 amide bonds. The van der Waals surface area contributed by atoms with Gasteiger partial charge in [0.2, 0.25) is 6.54 Å². The van der Waals surface area contributed by atoms with Crippen molar-refractivity contribution in [2.45, 2.75) is 59.6 Å². The molecule has 5 atom stereocenters. The van der Waals surface area contributed by atoms with Crippen molar-refractivity contribution in [3.05, 3.63) is 10.1 Å². The molecular formula is C17H26N2O4. The lowest BCUT2D eigenvalue weighted by Crippen LogP contribution is -2.49. The summed E-state index contributed by atoms with van der Waals surface area (Å²) in [6.07, 6.45) is 1.85. The van der Waals surface area contributed by atoms with Crippen LogP contribution in [0.25, 0.3) is 0 Å². The van der Waals surface area contributed by atoms with Gasteiger partial charge in [-0.15, -0.1) is 0 Å². The molecule has 1 heterocycles. The van der Waals surface area contributed by atoms with Gasteiger partial charge in [0, 0.05) is 16.3 Å². The zero-order valence-electron chi connectivity index (χ0n) is 14.5. The average Bonchev–Trinajstić information content (AvgIpc) is 2.75. The maximum Gasteiger partial charge on any atom is 0.332 e. The SMILES string of the molecule is CC(C)[C@@H](C[N+](=O)[O-])[C@H]1N=C2[C@H]3CC[C@@](C)([C@@H]2OC1=O)C3(C)C. The molecule has 0 aromatic carbocycles. The van der Waals surface area contributed by atoms with Gasteiger partial charge in [0.15, 0.2) is 6.04 Å². The normalized spacial score (nSPS) is 39.0. The molecule has 0 aromatic heterocycles. The summed E-state index contributed by atoms with van der Waals surface area (Å²) in [5.41, 5.74) is 0.942. The van der Waals surface area contributed by atoms with Crippen LogP contribution in [0, 0.1) is 38.7 Å². The molecule has 3 rings (SSSR count). The van der Waals surface area contributed by atoms with Crippen LogP contribution in [-0.4, -0.2) is 35.3 Å². The Morgan fingerprint density at radius 1 is 1.39 bits per heavy atom. The summed E-state index contributed by atoms with van der Waals surface area (Å²) in [4.78, 5) is 27.9. The van der Waals surface area contributed by atoms with Crippen LogP contribution in [0.15, 0.2) is 4.99 Å². The van der Waals surface area contributed by atoms with Gasteiger partial charge in [0.25, 0.3) is 0 Å². The molecule has 2 fully saturated rings. The van der Waals surface area contributed by atoms with Gasteiger partial charge in [0.05, 0.1) is 11.6 Å². The van der Waals surface area contributed by atoms with Crippen LogP contribution in [0.4, 0.5) is 0 Å². The molecule has 1 aliphatic heterocycles. The lowest BCUT2D eigenvalue weighted by atomic mass is 9.70. The highest BCUT2D eigenvalue weighted by molar-refractivity contribution is 6.01. The van der Waals surface area contributed by atoms with Crippen LogP contribution in [0.3, 0.4) is 0 Å². The van der Waals surface area contributed by atoms with E-state index < -0.39 is 12.0 Å². The van der Waals surface area contributed by atoms with Gasteiger partial charge in [-0.05, 0) is 24.2 Å². The summed E-state index contributed by atoms with van der Waals surface area (Å²) >= 11 is 0. The van der Waals surface area contributed by atoms with E-state index in [0.29, 0.717) is 5.92 Å². The van der Waals surface area contributed by atoms with Crippen LogP contribution in [0.2, 0.25) is 0 Å². The number of hydrogen-bond donors (Lipinski definition) is 0. The smallest absolute Gasteiger partial charge is 0.332 e. The molecule has 23 heavy (non-hydrogen) atoms. The second-order valence-electron chi connectivity index (χ2n) is 8.47. The fourth-order valence-electron chi connectivity index (χ4n) is 4.89. The number of carbonyl (C=O) groups is 1. The summed E-state index contributed by atoms with van der Waals surface area (Å²) in [7, 11) is 0. The Balaban J connectivity index is 1.98. The van der Waals surface area contributed by atoms with E-state index in [9.17, 15) is 14.9 Å². The van der Waals surface area contributed by atoms with Crippen molar-refractivity contribution in [1.82, 2.24) is 0 Å². The fourth-order valence-corrected chi connectivity index (χ4v) is 4.89. The first-order chi connectivity index (χ1) is 10.6. The standard InChI is InChI=1S/C17H26N2O4/c1-9(2)10(8-19(21)22)12-15(20)23-14-13(18-12)11-6-7-17(14,5)16(11,3)4/h9-12,14H,6-8H2,1-5H3/t10-,11-,12-,14-,17+/m1/s1. The highest BCUT2D eigenvalue weighted by Crippen LogP contribution is 2.65. The van der Waals surface area contributed by atoms with Crippen molar-refractivity contribution < 1.29 is 14.5 Å². The van der Waals surface area contributed by atoms with Crippen molar-refractivity contribution in [3.63, 3.8) is 0 Å². The summed E-state index contributed by atoms with van der Waals surface area (Å²) in [6.45, 7) is 10.2. The largest absolute Gasteiger partial charge is 0.454 e. The number of ether oxygens (including phenoxy) is 1. The highest BCUT2D eigenvalue weighted by Gasteiger charge is 2.68. The lowest BCUT2D eigenvalue weighted by Gasteiger charge is -2.40. The number of hydrogen-bond acceptors (Lipinski definition) is 5. The molecule has 128 valence electrons. The fraction of sp³-hybridized carbons (Fsp3) is 0.882. The zero-order valence-corrected chi connectivity index (χ0v) is 14.5. The molecule has 3 aliphatic rings. The minimum absolute atomic E-state index is 0.000961. The molecule has 6 nitrogen and oxygen atoms in total. The van der Waals surface area contributed by atoms with Gasteiger partial charge >= 0.3 is 5.97 Å². The third kappa shape index (κ3) is 2.13. The quantitative estimate of drug-likeness (QED) is 0.453. The Labute approximate surface area is 136 Å². The van der Waals surface area contributed by atoms with Gasteiger partial charge in [-0.3, -0.25) is 15.1 Å². The number of nitro groups is 1. The van der Waals surface area contributed by atoms with E-state index in [-0.39, 0.29) is 40.3 Å². The minimum Gasteiger partial charge on any atom is -0.454 e. The molecule has 0 radical (unpaired) electrons. The lowest BCUT2D eigenvalue weighted by molar-refractivity contribution is -0.490. The molecule has 0 saturated heterocycles. The molecule has 0 spiro atoms. The van der Waals surface area contributed by atoms with Crippen molar-refractivity contribution in [1.29, 1.82) is 0 Å². The Hall–Kier alpha value is -1.46. The van der Waals surface area contributed by atoms with Gasteiger partial charge < -0.3 is 4.74 Å². The topological polar surface area (TPSA) is 81.8 Å². The third-order valence-corrected chi connectivity index (χ3v) is 6.89.